The van der Waals surface area contributed by atoms with Crippen LogP contribution in [0.5, 0.6) is 11.5 Å². The third-order valence-electron chi connectivity index (χ3n) is 7.05. The fourth-order valence-electron chi connectivity index (χ4n) is 5.08. The Balaban J connectivity index is 1.31. The van der Waals surface area contributed by atoms with Crippen molar-refractivity contribution in [2.75, 3.05) is 43.3 Å². The van der Waals surface area contributed by atoms with Gasteiger partial charge in [-0.3, -0.25) is 14.0 Å². The van der Waals surface area contributed by atoms with Crippen molar-refractivity contribution in [3.8, 4) is 11.5 Å². The summed E-state index contributed by atoms with van der Waals surface area (Å²) in [7, 11) is -3.77. The number of piperazine rings is 1. The Morgan fingerprint density at radius 3 is 1.80 bits per heavy atom. The van der Waals surface area contributed by atoms with Crippen LogP contribution in [0.1, 0.15) is 17.2 Å². The zero-order valence-electron chi connectivity index (χ0n) is 22.5. The van der Waals surface area contributed by atoms with Crippen LogP contribution in [0, 0.1) is 0 Å². The number of nitrogens with zero attached hydrogens (tertiary/aromatic N) is 3. The van der Waals surface area contributed by atoms with Crippen LogP contribution in [0.2, 0.25) is 0 Å². The molecule has 0 unspecified atom stereocenters. The first-order valence-corrected chi connectivity index (χ1v) is 15.2. The highest BCUT2D eigenvalue weighted by Gasteiger charge is 2.31. The maximum absolute atomic E-state index is 13.5. The maximum Gasteiger partial charge on any atom is 0.243 e. The molecule has 1 fully saturated rings. The van der Waals surface area contributed by atoms with Crippen LogP contribution in [-0.4, -0.2) is 63.1 Å². The number of anilines is 1. The molecule has 0 N–H and O–H groups in total. The number of hydrogen-bond donors (Lipinski definition) is 0. The lowest BCUT2D eigenvalue weighted by molar-refractivity contribution is -0.131. The van der Waals surface area contributed by atoms with Gasteiger partial charge in [-0.05, 0) is 35.4 Å². The van der Waals surface area contributed by atoms with Gasteiger partial charge in [0, 0.05) is 26.2 Å². The highest BCUT2D eigenvalue weighted by atomic mass is 32.2. The van der Waals surface area contributed by atoms with E-state index in [2.05, 4.69) is 29.2 Å². The van der Waals surface area contributed by atoms with Gasteiger partial charge in [0.15, 0.2) is 5.75 Å². The van der Waals surface area contributed by atoms with Crippen LogP contribution < -0.4 is 9.04 Å². The van der Waals surface area contributed by atoms with Crippen molar-refractivity contribution in [3.63, 3.8) is 0 Å². The number of para-hydroxylation sites is 3. The van der Waals surface area contributed by atoms with Crippen LogP contribution in [0.25, 0.3) is 0 Å². The smallest absolute Gasteiger partial charge is 0.243 e. The average molecular weight is 556 g/mol. The topological polar surface area (TPSA) is 70.2 Å². The third kappa shape index (κ3) is 6.52. The summed E-state index contributed by atoms with van der Waals surface area (Å²) < 4.78 is 32.9. The summed E-state index contributed by atoms with van der Waals surface area (Å²) >= 11 is 0. The van der Waals surface area contributed by atoms with E-state index in [1.165, 1.54) is 11.1 Å². The minimum atomic E-state index is -3.77. The lowest BCUT2D eigenvalue weighted by atomic mass is 9.96. The molecule has 40 heavy (non-hydrogen) atoms. The van der Waals surface area contributed by atoms with Crippen LogP contribution in [-0.2, 0) is 14.8 Å². The lowest BCUT2D eigenvalue weighted by Gasteiger charge is -2.40. The molecule has 0 saturated carbocycles. The van der Waals surface area contributed by atoms with Gasteiger partial charge in [0.05, 0.1) is 18.0 Å². The minimum Gasteiger partial charge on any atom is -0.455 e. The number of hydrogen-bond acceptors (Lipinski definition) is 5. The van der Waals surface area contributed by atoms with Gasteiger partial charge in [0.2, 0.25) is 15.9 Å². The number of ether oxygens (including phenoxy) is 1. The van der Waals surface area contributed by atoms with Gasteiger partial charge in [-0.15, -0.1) is 0 Å². The van der Waals surface area contributed by atoms with Crippen molar-refractivity contribution in [2.24, 2.45) is 0 Å². The fraction of sp³-hybridized carbons (Fsp3) is 0.219. The zero-order valence-corrected chi connectivity index (χ0v) is 23.3. The van der Waals surface area contributed by atoms with Gasteiger partial charge in [-0.25, -0.2) is 8.42 Å². The molecule has 0 bridgehead atoms. The van der Waals surface area contributed by atoms with Gasteiger partial charge in [-0.1, -0.05) is 91.0 Å². The number of carbonyl (C=O) groups excluding carboxylic acids is 1. The van der Waals surface area contributed by atoms with E-state index < -0.39 is 10.0 Å². The summed E-state index contributed by atoms with van der Waals surface area (Å²) in [4.78, 5) is 17.6. The van der Waals surface area contributed by atoms with Crippen molar-refractivity contribution in [1.29, 1.82) is 0 Å². The molecule has 0 aliphatic carbocycles. The molecule has 0 aromatic heterocycles. The summed E-state index contributed by atoms with van der Waals surface area (Å²) in [6, 6.07) is 36.9. The summed E-state index contributed by atoms with van der Waals surface area (Å²) in [6.07, 6.45) is 1.11. The Morgan fingerprint density at radius 1 is 0.750 bits per heavy atom. The van der Waals surface area contributed by atoms with Gasteiger partial charge in [0.1, 0.15) is 12.3 Å². The maximum atomic E-state index is 13.5. The quantitative estimate of drug-likeness (QED) is 0.285. The molecule has 4 aromatic rings. The van der Waals surface area contributed by atoms with E-state index in [4.69, 9.17) is 4.74 Å². The minimum absolute atomic E-state index is 0.0779. The molecule has 1 heterocycles. The number of amides is 1. The Kier molecular flexibility index (Phi) is 8.48. The predicted octanol–water partition coefficient (Wildman–Crippen LogP) is 5.18. The van der Waals surface area contributed by atoms with Crippen LogP contribution in [0.4, 0.5) is 5.69 Å². The second-order valence-electron chi connectivity index (χ2n) is 9.79. The highest BCUT2D eigenvalue weighted by molar-refractivity contribution is 7.92. The summed E-state index contributed by atoms with van der Waals surface area (Å²) in [5, 5.41) is 0. The molecule has 7 nitrogen and oxygen atoms in total. The van der Waals surface area contributed by atoms with Crippen molar-refractivity contribution >= 4 is 21.6 Å². The van der Waals surface area contributed by atoms with Crippen LogP contribution in [0.15, 0.2) is 115 Å². The highest BCUT2D eigenvalue weighted by Crippen LogP contribution is 2.34. The first kappa shape index (κ1) is 27.4. The van der Waals surface area contributed by atoms with E-state index in [1.807, 2.05) is 54.6 Å². The molecule has 8 heteroatoms. The van der Waals surface area contributed by atoms with E-state index in [0.717, 1.165) is 10.6 Å². The molecule has 4 aromatic carbocycles. The number of sulfonamides is 1. The molecule has 0 spiro atoms. The SMILES string of the molecule is CS(=O)(=O)N(CC(=O)N1CCN(C(c2ccccc2)c2ccccc2)CC1)c1ccccc1Oc1ccccc1. The molecule has 1 aliphatic rings. The van der Waals surface area contributed by atoms with E-state index >= 15 is 0 Å². The first-order chi connectivity index (χ1) is 19.4. The molecular formula is C32H33N3O4S. The largest absolute Gasteiger partial charge is 0.455 e. The molecule has 0 atom stereocenters. The Morgan fingerprint density at radius 2 is 1.25 bits per heavy atom. The van der Waals surface area contributed by atoms with Crippen molar-refractivity contribution in [2.45, 2.75) is 6.04 Å². The summed E-state index contributed by atoms with van der Waals surface area (Å²) in [5.74, 6) is 0.707. The monoisotopic (exact) mass is 555 g/mol. The van der Waals surface area contributed by atoms with E-state index in [1.54, 1.807) is 41.3 Å². The molecule has 0 radical (unpaired) electrons. The third-order valence-corrected chi connectivity index (χ3v) is 8.17. The summed E-state index contributed by atoms with van der Waals surface area (Å²) in [5.41, 5.74) is 2.73. The Hall–Kier alpha value is -4.14. The van der Waals surface area contributed by atoms with E-state index in [-0.39, 0.29) is 18.5 Å². The standard InChI is InChI=1S/C32H33N3O4S/c1-40(37,38)35(29-19-11-12-20-30(29)39-28-17-9-4-10-18-28)25-31(36)33-21-23-34(24-22-33)32(26-13-5-2-6-14-26)27-15-7-3-8-16-27/h2-20,32H,21-25H2,1H3. The number of rotatable bonds is 9. The predicted molar refractivity (Wildman–Crippen MR) is 158 cm³/mol. The Bertz CT molecular complexity index is 1470. The van der Waals surface area contributed by atoms with Crippen LogP contribution >= 0.6 is 0 Å². The molecular weight excluding hydrogens is 522 g/mol. The fourth-order valence-corrected chi connectivity index (χ4v) is 5.94. The number of benzene rings is 4. The summed E-state index contributed by atoms with van der Waals surface area (Å²) in [6.45, 7) is 2.07. The van der Waals surface area contributed by atoms with Gasteiger partial charge in [-0.2, -0.15) is 0 Å². The second kappa shape index (κ2) is 12.4. The molecule has 1 aliphatic heterocycles. The molecule has 5 rings (SSSR count). The van der Waals surface area contributed by atoms with Gasteiger partial charge >= 0.3 is 0 Å². The first-order valence-electron chi connectivity index (χ1n) is 13.3. The van der Waals surface area contributed by atoms with E-state index in [0.29, 0.717) is 43.4 Å². The van der Waals surface area contributed by atoms with Gasteiger partial charge < -0.3 is 9.64 Å². The second-order valence-corrected chi connectivity index (χ2v) is 11.7. The van der Waals surface area contributed by atoms with Crippen molar-refractivity contribution in [3.05, 3.63) is 126 Å². The normalized spacial score (nSPS) is 14.2. The zero-order chi connectivity index (χ0) is 28.0. The molecule has 1 amide bonds. The van der Waals surface area contributed by atoms with Crippen molar-refractivity contribution in [1.82, 2.24) is 9.80 Å². The molecule has 1 saturated heterocycles. The lowest BCUT2D eigenvalue weighted by Crippen LogP contribution is -2.52. The molecule has 206 valence electrons. The van der Waals surface area contributed by atoms with E-state index in [9.17, 15) is 13.2 Å². The van der Waals surface area contributed by atoms with Crippen LogP contribution in [0.3, 0.4) is 0 Å². The van der Waals surface area contributed by atoms with Gasteiger partial charge in [0.25, 0.3) is 0 Å². The number of carbonyl (C=O) groups is 1. The average Bonchev–Trinajstić information content (AvgIpc) is 2.98. The Labute approximate surface area is 236 Å². The van der Waals surface area contributed by atoms with Crippen molar-refractivity contribution < 1.29 is 17.9 Å².